The molecule has 0 aliphatic rings. The van der Waals surface area contributed by atoms with Crippen LogP contribution in [-0.2, 0) is 32.6 Å². The van der Waals surface area contributed by atoms with Gasteiger partial charge in [-0.25, -0.2) is 8.42 Å². The van der Waals surface area contributed by atoms with E-state index in [2.05, 4.69) is 5.32 Å². The van der Waals surface area contributed by atoms with Gasteiger partial charge in [-0.1, -0.05) is 108 Å². The summed E-state index contributed by atoms with van der Waals surface area (Å²) in [6.07, 6.45) is 0.874. The van der Waals surface area contributed by atoms with Gasteiger partial charge in [0.1, 0.15) is 12.6 Å². The average Bonchev–Trinajstić information content (AvgIpc) is 3.04. The number of benzene rings is 4. The number of carbonyl (C=O) groups excluding carboxylic acids is 2. The standard InChI is InChI=1S/C35H36Cl3N3O4S/c1-4-25(3)39-35(43)33(20-26-10-6-5-7-11-26)40(22-27-12-8-9-13-30(27)36)34(42)23-41(28-16-19-31(37)32(38)21-28)46(44,45)29-17-14-24(2)15-18-29/h5-19,21,25,33H,4,20,22-23H2,1-3H3,(H,39,43)/t25-,33-/m1/s1. The fourth-order valence-corrected chi connectivity index (χ4v) is 6.71. The molecular formula is C35H36Cl3N3O4S. The normalized spacial score (nSPS) is 12.7. The molecule has 0 heterocycles. The minimum absolute atomic E-state index is 0.00928. The smallest absolute Gasteiger partial charge is 0.264 e. The highest BCUT2D eigenvalue weighted by atomic mass is 35.5. The lowest BCUT2D eigenvalue weighted by atomic mass is 10.0. The number of halogens is 3. The van der Waals surface area contributed by atoms with E-state index in [4.69, 9.17) is 34.8 Å². The van der Waals surface area contributed by atoms with Gasteiger partial charge in [0.2, 0.25) is 11.8 Å². The Morgan fingerprint density at radius 1 is 0.826 bits per heavy atom. The fraction of sp³-hybridized carbons (Fsp3) is 0.257. The number of amides is 2. The molecule has 0 spiro atoms. The van der Waals surface area contributed by atoms with Crippen LogP contribution in [-0.4, -0.2) is 43.8 Å². The van der Waals surface area contributed by atoms with Gasteiger partial charge < -0.3 is 10.2 Å². The van der Waals surface area contributed by atoms with Gasteiger partial charge in [-0.3, -0.25) is 13.9 Å². The van der Waals surface area contributed by atoms with E-state index < -0.39 is 28.5 Å². The van der Waals surface area contributed by atoms with Gasteiger partial charge in [-0.15, -0.1) is 0 Å². The predicted molar refractivity (Wildman–Crippen MR) is 186 cm³/mol. The Labute approximate surface area is 286 Å². The van der Waals surface area contributed by atoms with Crippen molar-refractivity contribution >= 4 is 62.3 Å². The van der Waals surface area contributed by atoms with Crippen LogP contribution in [0.5, 0.6) is 0 Å². The molecule has 0 aliphatic heterocycles. The zero-order chi connectivity index (χ0) is 33.4. The molecule has 2 amide bonds. The number of carbonyl (C=O) groups is 2. The third kappa shape index (κ3) is 8.82. The Bertz CT molecular complexity index is 1770. The highest BCUT2D eigenvalue weighted by molar-refractivity contribution is 7.92. The van der Waals surface area contributed by atoms with E-state index in [1.54, 1.807) is 36.4 Å². The molecule has 4 aromatic carbocycles. The lowest BCUT2D eigenvalue weighted by Gasteiger charge is -2.34. The second-order valence-corrected chi connectivity index (χ2v) is 14.1. The van der Waals surface area contributed by atoms with E-state index in [-0.39, 0.29) is 45.5 Å². The van der Waals surface area contributed by atoms with E-state index in [0.717, 1.165) is 15.4 Å². The van der Waals surface area contributed by atoms with Gasteiger partial charge >= 0.3 is 0 Å². The van der Waals surface area contributed by atoms with Crippen LogP contribution in [0.3, 0.4) is 0 Å². The molecule has 11 heteroatoms. The second-order valence-electron chi connectivity index (χ2n) is 11.1. The second kappa shape index (κ2) is 15.8. The zero-order valence-electron chi connectivity index (χ0n) is 25.8. The molecule has 0 fully saturated rings. The number of anilines is 1. The molecule has 0 aliphatic carbocycles. The summed E-state index contributed by atoms with van der Waals surface area (Å²) in [5, 5.41) is 3.78. The first-order valence-electron chi connectivity index (χ1n) is 14.8. The fourth-order valence-electron chi connectivity index (χ4n) is 4.81. The minimum atomic E-state index is -4.28. The van der Waals surface area contributed by atoms with Gasteiger partial charge in [0.05, 0.1) is 20.6 Å². The van der Waals surface area contributed by atoms with Crippen molar-refractivity contribution in [3.8, 4) is 0 Å². The van der Waals surface area contributed by atoms with E-state index in [1.165, 1.54) is 35.2 Å². The molecule has 2 atom stereocenters. The molecule has 1 N–H and O–H groups in total. The molecule has 242 valence electrons. The van der Waals surface area contributed by atoms with Crippen LogP contribution in [0.2, 0.25) is 15.1 Å². The van der Waals surface area contributed by atoms with Crippen molar-refractivity contribution in [1.29, 1.82) is 0 Å². The molecule has 4 rings (SSSR count). The van der Waals surface area contributed by atoms with Crippen molar-refractivity contribution in [1.82, 2.24) is 10.2 Å². The number of nitrogens with one attached hydrogen (secondary N) is 1. The van der Waals surface area contributed by atoms with Crippen molar-refractivity contribution in [3.05, 3.63) is 129 Å². The number of aryl methyl sites for hydroxylation is 1. The van der Waals surface area contributed by atoms with Crippen LogP contribution < -0.4 is 9.62 Å². The molecular weight excluding hydrogens is 665 g/mol. The summed E-state index contributed by atoms with van der Waals surface area (Å²) in [6.45, 7) is 5.03. The molecule has 0 aromatic heterocycles. The van der Waals surface area contributed by atoms with Crippen molar-refractivity contribution in [3.63, 3.8) is 0 Å². The van der Waals surface area contributed by atoms with E-state index in [9.17, 15) is 18.0 Å². The molecule has 7 nitrogen and oxygen atoms in total. The van der Waals surface area contributed by atoms with Crippen molar-refractivity contribution in [2.75, 3.05) is 10.8 Å². The molecule has 0 unspecified atom stereocenters. The summed E-state index contributed by atoms with van der Waals surface area (Å²) in [7, 11) is -4.28. The maximum atomic E-state index is 14.6. The van der Waals surface area contributed by atoms with E-state index >= 15 is 0 Å². The Morgan fingerprint density at radius 2 is 1.48 bits per heavy atom. The lowest BCUT2D eigenvalue weighted by molar-refractivity contribution is -0.140. The highest BCUT2D eigenvalue weighted by Crippen LogP contribution is 2.31. The summed E-state index contributed by atoms with van der Waals surface area (Å²) in [5.41, 5.74) is 2.45. The van der Waals surface area contributed by atoms with E-state index in [0.29, 0.717) is 17.0 Å². The third-order valence-electron chi connectivity index (χ3n) is 7.65. The first-order valence-corrected chi connectivity index (χ1v) is 17.4. The maximum Gasteiger partial charge on any atom is 0.264 e. The van der Waals surface area contributed by atoms with Crippen molar-refractivity contribution in [2.24, 2.45) is 0 Å². The van der Waals surface area contributed by atoms with Crippen LogP contribution in [0.25, 0.3) is 0 Å². The highest BCUT2D eigenvalue weighted by Gasteiger charge is 2.35. The molecule has 0 radical (unpaired) electrons. The summed E-state index contributed by atoms with van der Waals surface area (Å²) in [5.74, 6) is -0.969. The quantitative estimate of drug-likeness (QED) is 0.155. The van der Waals surface area contributed by atoms with Crippen LogP contribution in [0.1, 0.15) is 37.0 Å². The Morgan fingerprint density at radius 3 is 2.11 bits per heavy atom. The Hall–Kier alpha value is -3.56. The lowest BCUT2D eigenvalue weighted by Crippen LogP contribution is -2.54. The molecule has 0 saturated heterocycles. The largest absolute Gasteiger partial charge is 0.352 e. The topological polar surface area (TPSA) is 86.8 Å². The zero-order valence-corrected chi connectivity index (χ0v) is 28.9. The van der Waals surface area contributed by atoms with Crippen LogP contribution in [0.15, 0.2) is 102 Å². The minimum Gasteiger partial charge on any atom is -0.352 e. The predicted octanol–water partition coefficient (Wildman–Crippen LogP) is 7.71. The molecule has 46 heavy (non-hydrogen) atoms. The van der Waals surface area contributed by atoms with Crippen LogP contribution in [0.4, 0.5) is 5.69 Å². The number of nitrogens with zero attached hydrogens (tertiary/aromatic N) is 2. The number of hydrogen-bond donors (Lipinski definition) is 1. The van der Waals surface area contributed by atoms with E-state index in [1.807, 2.05) is 51.1 Å². The SMILES string of the molecule is CC[C@@H](C)NC(=O)[C@@H](Cc1ccccc1)N(Cc1ccccc1Cl)C(=O)CN(c1ccc(Cl)c(Cl)c1)S(=O)(=O)c1ccc(C)cc1. The van der Waals surface area contributed by atoms with Gasteiger partial charge in [-0.2, -0.15) is 0 Å². The Balaban J connectivity index is 1.83. The molecule has 0 saturated carbocycles. The number of rotatable bonds is 13. The Kier molecular flexibility index (Phi) is 12.1. The van der Waals surface area contributed by atoms with Gasteiger partial charge in [0.15, 0.2) is 0 Å². The van der Waals surface area contributed by atoms with Crippen molar-refractivity contribution < 1.29 is 18.0 Å². The monoisotopic (exact) mass is 699 g/mol. The average molecular weight is 701 g/mol. The molecule has 0 bridgehead atoms. The first-order chi connectivity index (χ1) is 21.9. The van der Waals surface area contributed by atoms with Crippen LogP contribution in [0, 0.1) is 6.92 Å². The maximum absolute atomic E-state index is 14.6. The van der Waals surface area contributed by atoms with Crippen molar-refractivity contribution in [2.45, 2.75) is 57.1 Å². The van der Waals surface area contributed by atoms with Gasteiger partial charge in [0.25, 0.3) is 10.0 Å². The van der Waals surface area contributed by atoms with Crippen LogP contribution >= 0.6 is 34.8 Å². The summed E-state index contributed by atoms with van der Waals surface area (Å²) < 4.78 is 29.3. The van der Waals surface area contributed by atoms with Gasteiger partial charge in [-0.05, 0) is 67.8 Å². The summed E-state index contributed by atoms with van der Waals surface area (Å²) in [4.78, 5) is 29.9. The summed E-state index contributed by atoms with van der Waals surface area (Å²) in [6, 6.07) is 25.9. The number of sulfonamides is 1. The first kappa shape index (κ1) is 35.3. The third-order valence-corrected chi connectivity index (χ3v) is 10.5. The summed E-state index contributed by atoms with van der Waals surface area (Å²) >= 11 is 19.0. The van der Waals surface area contributed by atoms with Gasteiger partial charge in [0, 0.05) is 24.0 Å². The number of hydrogen-bond acceptors (Lipinski definition) is 4. The molecule has 4 aromatic rings.